The lowest BCUT2D eigenvalue weighted by molar-refractivity contribution is -0.128. The first kappa shape index (κ1) is 17.7. The number of hydrogen-bond acceptors (Lipinski definition) is 3. The first-order valence-corrected chi connectivity index (χ1v) is 8.74. The van der Waals surface area contributed by atoms with Crippen molar-refractivity contribution in [2.45, 2.75) is 32.9 Å². The van der Waals surface area contributed by atoms with E-state index in [1.54, 1.807) is 12.5 Å². The van der Waals surface area contributed by atoms with Crippen LogP contribution in [-0.4, -0.2) is 21.6 Å². The van der Waals surface area contributed by atoms with E-state index in [0.29, 0.717) is 18.7 Å². The van der Waals surface area contributed by atoms with Gasteiger partial charge in [0.05, 0.1) is 12.0 Å². The number of benzene rings is 2. The van der Waals surface area contributed by atoms with Gasteiger partial charge in [0.15, 0.2) is 6.10 Å². The van der Waals surface area contributed by atoms with Gasteiger partial charge in [0.1, 0.15) is 5.75 Å². The number of ether oxygens (including phenoxy) is 1. The summed E-state index contributed by atoms with van der Waals surface area (Å²) < 4.78 is 7.80. The lowest BCUT2D eigenvalue weighted by Crippen LogP contribution is -2.37. The third-order valence-electron chi connectivity index (χ3n) is 4.16. The van der Waals surface area contributed by atoms with E-state index in [0.717, 1.165) is 16.8 Å². The lowest BCUT2D eigenvalue weighted by atomic mass is 10.1. The van der Waals surface area contributed by atoms with Crippen molar-refractivity contribution in [3.63, 3.8) is 0 Å². The third-order valence-corrected chi connectivity index (χ3v) is 4.16. The summed E-state index contributed by atoms with van der Waals surface area (Å²) in [5.74, 6) is 0.597. The van der Waals surface area contributed by atoms with Crippen molar-refractivity contribution in [1.29, 1.82) is 0 Å². The molecule has 0 radical (unpaired) electrons. The fourth-order valence-corrected chi connectivity index (χ4v) is 2.79. The molecule has 3 rings (SSSR count). The second-order valence-corrected chi connectivity index (χ2v) is 6.15. The number of carbonyl (C=O) groups excluding carboxylic acids is 1. The average molecular weight is 349 g/mol. The molecule has 1 aromatic heterocycles. The number of aryl methyl sites for hydroxylation is 1. The van der Waals surface area contributed by atoms with Crippen LogP contribution < -0.4 is 10.1 Å². The monoisotopic (exact) mass is 349 g/mol. The molecule has 5 nitrogen and oxygen atoms in total. The van der Waals surface area contributed by atoms with Crippen molar-refractivity contribution >= 4 is 5.91 Å². The number of hydrogen-bond donors (Lipinski definition) is 1. The molecule has 1 heterocycles. The Labute approximate surface area is 153 Å². The molecule has 1 N–H and O–H groups in total. The summed E-state index contributed by atoms with van der Waals surface area (Å²) in [5.41, 5.74) is 3.12. The number of imidazole rings is 1. The molecule has 1 amide bonds. The summed E-state index contributed by atoms with van der Waals surface area (Å²) in [7, 11) is 0. The highest BCUT2D eigenvalue weighted by atomic mass is 16.5. The predicted octanol–water partition coefficient (Wildman–Crippen LogP) is 3.65. The second-order valence-electron chi connectivity index (χ2n) is 6.15. The van der Waals surface area contributed by atoms with Crippen LogP contribution in [0, 0.1) is 6.92 Å². The molecule has 5 heteroatoms. The molecule has 3 aromatic rings. The Morgan fingerprint density at radius 2 is 2.08 bits per heavy atom. The minimum absolute atomic E-state index is 0.116. The van der Waals surface area contributed by atoms with Gasteiger partial charge in [-0.15, -0.1) is 0 Å². The standard InChI is InChI=1S/C21H23N3O2/c1-3-20(26-18-9-6-7-16(2)13-18)21(25)23-14-17-8-4-5-10-19(17)24-12-11-22-15-24/h4-13,15,20H,3,14H2,1-2H3,(H,23,25)/t20-/m1/s1. The van der Waals surface area contributed by atoms with Crippen LogP contribution in [0.2, 0.25) is 0 Å². The van der Waals surface area contributed by atoms with Crippen LogP contribution in [-0.2, 0) is 11.3 Å². The number of carbonyl (C=O) groups is 1. The number of nitrogens with zero attached hydrogens (tertiary/aromatic N) is 2. The molecule has 0 aliphatic heterocycles. The Morgan fingerprint density at radius 1 is 1.23 bits per heavy atom. The molecular weight excluding hydrogens is 326 g/mol. The van der Waals surface area contributed by atoms with Gasteiger partial charge in [-0.25, -0.2) is 4.98 Å². The van der Waals surface area contributed by atoms with Crippen molar-refractivity contribution in [2.75, 3.05) is 0 Å². The second kappa shape index (κ2) is 8.34. The fourth-order valence-electron chi connectivity index (χ4n) is 2.79. The Balaban J connectivity index is 1.66. The molecular formula is C21H23N3O2. The SMILES string of the molecule is CC[C@@H](Oc1cccc(C)c1)C(=O)NCc1ccccc1-n1ccnc1. The maximum atomic E-state index is 12.6. The molecule has 26 heavy (non-hydrogen) atoms. The van der Waals surface area contributed by atoms with Crippen LogP contribution in [0.25, 0.3) is 5.69 Å². The van der Waals surface area contributed by atoms with E-state index in [4.69, 9.17) is 4.74 Å². The molecule has 0 unspecified atom stereocenters. The number of aromatic nitrogens is 2. The lowest BCUT2D eigenvalue weighted by Gasteiger charge is -2.18. The molecule has 0 aliphatic carbocycles. The van der Waals surface area contributed by atoms with Crippen molar-refractivity contribution in [3.8, 4) is 11.4 Å². The topological polar surface area (TPSA) is 56.1 Å². The highest BCUT2D eigenvalue weighted by Gasteiger charge is 2.18. The Hall–Kier alpha value is -3.08. The van der Waals surface area contributed by atoms with Crippen molar-refractivity contribution in [2.24, 2.45) is 0 Å². The first-order valence-electron chi connectivity index (χ1n) is 8.74. The molecule has 0 fully saturated rings. The van der Waals surface area contributed by atoms with E-state index < -0.39 is 6.10 Å². The number of nitrogens with one attached hydrogen (secondary N) is 1. The van der Waals surface area contributed by atoms with Gasteiger partial charge in [0.25, 0.3) is 5.91 Å². The van der Waals surface area contributed by atoms with Crippen LogP contribution in [0.5, 0.6) is 5.75 Å². The van der Waals surface area contributed by atoms with E-state index >= 15 is 0 Å². The zero-order chi connectivity index (χ0) is 18.4. The van der Waals surface area contributed by atoms with Crippen LogP contribution in [0.3, 0.4) is 0 Å². The predicted molar refractivity (Wildman–Crippen MR) is 101 cm³/mol. The third kappa shape index (κ3) is 4.30. The zero-order valence-corrected chi connectivity index (χ0v) is 15.1. The molecule has 0 spiro atoms. The van der Waals surface area contributed by atoms with Gasteiger partial charge in [0.2, 0.25) is 0 Å². The molecule has 0 saturated heterocycles. The van der Waals surface area contributed by atoms with Gasteiger partial charge in [-0.05, 0) is 42.7 Å². The van der Waals surface area contributed by atoms with Crippen LogP contribution in [0.1, 0.15) is 24.5 Å². The minimum atomic E-state index is -0.516. The number of rotatable bonds is 7. The van der Waals surface area contributed by atoms with Gasteiger partial charge < -0.3 is 14.6 Å². The van der Waals surface area contributed by atoms with Crippen molar-refractivity contribution in [1.82, 2.24) is 14.9 Å². The van der Waals surface area contributed by atoms with Gasteiger partial charge in [0, 0.05) is 18.9 Å². The maximum Gasteiger partial charge on any atom is 0.261 e. The first-order chi connectivity index (χ1) is 12.7. The smallest absolute Gasteiger partial charge is 0.261 e. The Bertz CT molecular complexity index is 859. The maximum absolute atomic E-state index is 12.6. The number of amides is 1. The molecule has 134 valence electrons. The van der Waals surface area contributed by atoms with Crippen molar-refractivity contribution in [3.05, 3.63) is 78.4 Å². The highest BCUT2D eigenvalue weighted by Crippen LogP contribution is 2.17. The summed E-state index contributed by atoms with van der Waals surface area (Å²) in [4.78, 5) is 16.7. The normalized spacial score (nSPS) is 11.8. The summed E-state index contributed by atoms with van der Waals surface area (Å²) in [6.07, 6.45) is 5.45. The summed E-state index contributed by atoms with van der Waals surface area (Å²) in [6, 6.07) is 15.7. The van der Waals surface area contributed by atoms with Gasteiger partial charge in [-0.1, -0.05) is 37.3 Å². The number of para-hydroxylation sites is 1. The van der Waals surface area contributed by atoms with E-state index in [2.05, 4.69) is 10.3 Å². The van der Waals surface area contributed by atoms with E-state index in [1.165, 1.54) is 0 Å². The summed E-state index contributed by atoms with van der Waals surface area (Å²) in [6.45, 7) is 4.38. The molecule has 1 atom stereocenters. The van der Waals surface area contributed by atoms with Crippen molar-refractivity contribution < 1.29 is 9.53 Å². The Morgan fingerprint density at radius 3 is 2.81 bits per heavy atom. The van der Waals surface area contributed by atoms with E-state index in [1.807, 2.05) is 73.1 Å². The fraction of sp³-hybridized carbons (Fsp3) is 0.238. The van der Waals surface area contributed by atoms with E-state index in [9.17, 15) is 4.79 Å². The van der Waals surface area contributed by atoms with Gasteiger partial charge in [-0.2, -0.15) is 0 Å². The molecule has 0 saturated carbocycles. The molecule has 2 aromatic carbocycles. The zero-order valence-electron chi connectivity index (χ0n) is 15.1. The summed E-state index contributed by atoms with van der Waals surface area (Å²) in [5, 5.41) is 2.99. The minimum Gasteiger partial charge on any atom is -0.481 e. The van der Waals surface area contributed by atoms with Gasteiger partial charge in [-0.3, -0.25) is 4.79 Å². The Kier molecular flexibility index (Phi) is 5.69. The molecule has 0 bridgehead atoms. The van der Waals surface area contributed by atoms with Crippen LogP contribution in [0.4, 0.5) is 0 Å². The van der Waals surface area contributed by atoms with Crippen LogP contribution >= 0.6 is 0 Å². The highest BCUT2D eigenvalue weighted by molar-refractivity contribution is 5.81. The average Bonchev–Trinajstić information content (AvgIpc) is 3.19. The quantitative estimate of drug-likeness (QED) is 0.708. The summed E-state index contributed by atoms with van der Waals surface area (Å²) >= 11 is 0. The van der Waals surface area contributed by atoms with Crippen LogP contribution in [0.15, 0.2) is 67.3 Å². The van der Waals surface area contributed by atoms with Gasteiger partial charge >= 0.3 is 0 Å². The largest absolute Gasteiger partial charge is 0.481 e. The van der Waals surface area contributed by atoms with E-state index in [-0.39, 0.29) is 5.91 Å². The molecule has 0 aliphatic rings.